The van der Waals surface area contributed by atoms with Gasteiger partial charge in [-0.25, -0.2) is 19.9 Å². The van der Waals surface area contributed by atoms with Crippen molar-refractivity contribution in [1.82, 2.24) is 19.9 Å². The van der Waals surface area contributed by atoms with Crippen LogP contribution in [-0.4, -0.2) is 19.9 Å². The van der Waals surface area contributed by atoms with Gasteiger partial charge in [-0.3, -0.25) is 0 Å². The van der Waals surface area contributed by atoms with E-state index in [1.165, 1.54) is 0 Å². The van der Waals surface area contributed by atoms with E-state index in [0.717, 1.165) is 72.8 Å². The van der Waals surface area contributed by atoms with Crippen LogP contribution in [0.25, 0.3) is 78.6 Å². The van der Waals surface area contributed by atoms with E-state index in [4.69, 9.17) is 19.9 Å². The lowest BCUT2D eigenvalue weighted by Crippen LogP contribution is -1.96. The largest absolute Gasteiger partial charge is 0.244 e. The van der Waals surface area contributed by atoms with Crippen LogP contribution < -0.4 is 0 Å². The third-order valence-electron chi connectivity index (χ3n) is 8.34. The number of nitriles is 1. The molecule has 0 saturated carbocycles. The van der Waals surface area contributed by atoms with Gasteiger partial charge in [0.1, 0.15) is 0 Å². The Labute approximate surface area is 278 Å². The van der Waals surface area contributed by atoms with E-state index in [1.807, 2.05) is 84.9 Å². The van der Waals surface area contributed by atoms with Gasteiger partial charge in [-0.1, -0.05) is 127 Å². The summed E-state index contributed by atoms with van der Waals surface area (Å²) in [7, 11) is 0. The van der Waals surface area contributed by atoms with Gasteiger partial charge in [0, 0.05) is 27.8 Å². The highest BCUT2D eigenvalue weighted by Crippen LogP contribution is 2.34. The number of aromatic nitrogens is 4. The molecular weight excluding hydrogens is 587 g/mol. The SMILES string of the molecule is N#Cc1ccc(-c2nc3ccccc3nc2-c2ccc(-c3cccc(-c4nc(-c5ccccc5)cc(-c5ccccc5)n4)c3)cc2)cc1. The molecule has 0 bridgehead atoms. The summed E-state index contributed by atoms with van der Waals surface area (Å²) in [5.74, 6) is 0.673. The minimum Gasteiger partial charge on any atom is -0.244 e. The molecule has 0 amide bonds. The van der Waals surface area contributed by atoms with Crippen molar-refractivity contribution in [2.24, 2.45) is 0 Å². The van der Waals surface area contributed by atoms with E-state index in [-0.39, 0.29) is 0 Å². The quantitative estimate of drug-likeness (QED) is 0.187. The molecule has 0 radical (unpaired) electrons. The van der Waals surface area contributed by atoms with Crippen LogP contribution in [0, 0.1) is 11.3 Å². The topological polar surface area (TPSA) is 75.3 Å². The van der Waals surface area contributed by atoms with Crippen LogP contribution in [0.15, 0.2) is 164 Å². The molecule has 0 spiro atoms. The molecule has 0 fully saturated rings. The van der Waals surface area contributed by atoms with Gasteiger partial charge in [0.25, 0.3) is 0 Å². The Morgan fingerprint density at radius 1 is 0.354 bits per heavy atom. The lowest BCUT2D eigenvalue weighted by Gasteiger charge is -2.12. The smallest absolute Gasteiger partial charge is 0.160 e. The van der Waals surface area contributed by atoms with Crippen LogP contribution >= 0.6 is 0 Å². The average molecular weight is 614 g/mol. The van der Waals surface area contributed by atoms with Crippen LogP contribution in [0.3, 0.4) is 0 Å². The van der Waals surface area contributed by atoms with Crippen molar-refractivity contribution in [2.75, 3.05) is 0 Å². The Hall–Kier alpha value is -6.77. The molecule has 224 valence electrons. The number of hydrogen-bond donors (Lipinski definition) is 0. The lowest BCUT2D eigenvalue weighted by atomic mass is 9.98. The molecule has 5 heteroatoms. The van der Waals surface area contributed by atoms with E-state index in [0.29, 0.717) is 11.4 Å². The maximum Gasteiger partial charge on any atom is 0.160 e. The zero-order valence-electron chi connectivity index (χ0n) is 25.8. The van der Waals surface area contributed by atoms with Crippen molar-refractivity contribution in [3.8, 4) is 73.6 Å². The molecule has 2 heterocycles. The molecule has 48 heavy (non-hydrogen) atoms. The molecule has 0 aliphatic rings. The van der Waals surface area contributed by atoms with E-state index in [9.17, 15) is 5.26 Å². The standard InChI is InChI=1S/C43H27N5/c44-28-29-18-20-33(21-19-29)41-42(46-38-17-8-7-16-37(38)45-41)34-24-22-30(23-25-34)35-14-9-15-36(26-35)43-47-39(31-10-3-1-4-11-31)27-40(48-43)32-12-5-2-6-13-32/h1-27H. The van der Waals surface area contributed by atoms with Gasteiger partial charge >= 0.3 is 0 Å². The van der Waals surface area contributed by atoms with Crippen molar-refractivity contribution in [1.29, 1.82) is 5.26 Å². The average Bonchev–Trinajstić information content (AvgIpc) is 3.18. The highest BCUT2D eigenvalue weighted by atomic mass is 14.9. The van der Waals surface area contributed by atoms with Gasteiger partial charge < -0.3 is 0 Å². The van der Waals surface area contributed by atoms with Crippen molar-refractivity contribution in [2.45, 2.75) is 0 Å². The fourth-order valence-electron chi connectivity index (χ4n) is 5.85. The number of benzene rings is 6. The molecule has 2 aromatic heterocycles. The van der Waals surface area contributed by atoms with Gasteiger partial charge in [0.05, 0.1) is 45.4 Å². The number of hydrogen-bond acceptors (Lipinski definition) is 5. The highest BCUT2D eigenvalue weighted by molar-refractivity contribution is 5.87. The summed E-state index contributed by atoms with van der Waals surface area (Å²) in [5, 5.41) is 9.31. The van der Waals surface area contributed by atoms with E-state index >= 15 is 0 Å². The van der Waals surface area contributed by atoms with E-state index in [2.05, 4.69) is 84.9 Å². The molecule has 6 aromatic carbocycles. The van der Waals surface area contributed by atoms with Gasteiger partial charge in [-0.2, -0.15) is 5.26 Å². The Morgan fingerprint density at radius 3 is 1.35 bits per heavy atom. The van der Waals surface area contributed by atoms with Crippen LogP contribution in [0.4, 0.5) is 0 Å². The summed E-state index contributed by atoms with van der Waals surface area (Å²) in [6.45, 7) is 0. The molecule has 0 saturated heterocycles. The van der Waals surface area contributed by atoms with Gasteiger partial charge in [0.2, 0.25) is 0 Å². The summed E-state index contributed by atoms with van der Waals surface area (Å²) >= 11 is 0. The third kappa shape index (κ3) is 5.71. The third-order valence-corrected chi connectivity index (χ3v) is 8.34. The zero-order valence-corrected chi connectivity index (χ0v) is 25.8. The minimum absolute atomic E-state index is 0.606. The van der Waals surface area contributed by atoms with Gasteiger partial charge in [0.15, 0.2) is 5.82 Å². The Morgan fingerprint density at radius 2 is 0.812 bits per heavy atom. The first-order valence-electron chi connectivity index (χ1n) is 15.7. The van der Waals surface area contributed by atoms with E-state index < -0.39 is 0 Å². The molecule has 5 nitrogen and oxygen atoms in total. The second kappa shape index (κ2) is 12.6. The first kappa shape index (κ1) is 28.7. The Kier molecular flexibility index (Phi) is 7.50. The van der Waals surface area contributed by atoms with Crippen molar-refractivity contribution < 1.29 is 0 Å². The van der Waals surface area contributed by atoms with Crippen LogP contribution in [0.5, 0.6) is 0 Å². The second-order valence-corrected chi connectivity index (χ2v) is 11.5. The number of para-hydroxylation sites is 2. The summed E-state index contributed by atoms with van der Waals surface area (Å²) in [6.07, 6.45) is 0. The predicted molar refractivity (Wildman–Crippen MR) is 192 cm³/mol. The molecule has 0 atom stereocenters. The Bertz CT molecular complexity index is 2370. The monoisotopic (exact) mass is 613 g/mol. The first-order chi connectivity index (χ1) is 23.7. The first-order valence-corrected chi connectivity index (χ1v) is 15.7. The summed E-state index contributed by atoms with van der Waals surface area (Å²) in [6, 6.07) is 56.8. The second-order valence-electron chi connectivity index (χ2n) is 11.5. The van der Waals surface area contributed by atoms with Crippen LogP contribution in [0.2, 0.25) is 0 Å². The summed E-state index contributed by atoms with van der Waals surface area (Å²) in [4.78, 5) is 20.1. The Balaban J connectivity index is 1.18. The predicted octanol–water partition coefficient (Wildman–Crippen LogP) is 10.3. The fourth-order valence-corrected chi connectivity index (χ4v) is 5.85. The maximum absolute atomic E-state index is 9.31. The summed E-state index contributed by atoms with van der Waals surface area (Å²) < 4.78 is 0. The molecule has 0 aliphatic heterocycles. The van der Waals surface area contributed by atoms with Crippen molar-refractivity contribution in [3.05, 3.63) is 169 Å². The van der Waals surface area contributed by atoms with Crippen molar-refractivity contribution >= 4 is 11.0 Å². The number of rotatable bonds is 6. The highest BCUT2D eigenvalue weighted by Gasteiger charge is 2.15. The molecular formula is C43H27N5. The van der Waals surface area contributed by atoms with E-state index in [1.54, 1.807) is 0 Å². The van der Waals surface area contributed by atoms with Gasteiger partial charge in [-0.15, -0.1) is 0 Å². The molecule has 0 N–H and O–H groups in total. The number of nitrogens with zero attached hydrogens (tertiary/aromatic N) is 5. The number of fused-ring (bicyclic) bond motifs is 1. The maximum atomic E-state index is 9.31. The zero-order chi connectivity index (χ0) is 32.3. The summed E-state index contributed by atoms with van der Waals surface area (Å²) in [5.41, 5.74) is 12.6. The van der Waals surface area contributed by atoms with Crippen LogP contribution in [-0.2, 0) is 0 Å². The van der Waals surface area contributed by atoms with Crippen LogP contribution in [0.1, 0.15) is 5.56 Å². The molecule has 0 aliphatic carbocycles. The van der Waals surface area contributed by atoms with Crippen molar-refractivity contribution in [3.63, 3.8) is 0 Å². The molecule has 8 aromatic rings. The minimum atomic E-state index is 0.606. The lowest BCUT2D eigenvalue weighted by molar-refractivity contribution is 1.18. The fraction of sp³-hybridized carbons (Fsp3) is 0. The van der Waals surface area contributed by atoms with Gasteiger partial charge in [-0.05, 0) is 47.5 Å². The normalized spacial score (nSPS) is 10.9. The molecule has 8 rings (SSSR count). The molecule has 0 unspecified atom stereocenters.